The molecule has 1 aromatic carbocycles. The van der Waals surface area contributed by atoms with E-state index < -0.39 is 0 Å². The number of hydrogen-bond donors (Lipinski definition) is 0. The van der Waals surface area contributed by atoms with Crippen LogP contribution in [0.4, 0.5) is 0 Å². The third kappa shape index (κ3) is 1.63. The molecule has 0 radical (unpaired) electrons. The number of halogens is 2. The molecule has 2 rings (SSSR count). The average Bonchev–Trinajstić information content (AvgIpc) is 2.86. The van der Waals surface area contributed by atoms with Crippen LogP contribution in [0.25, 0.3) is 0 Å². The molecule has 72 valence electrons. The lowest BCUT2D eigenvalue weighted by Crippen LogP contribution is -2.02. The summed E-state index contributed by atoms with van der Waals surface area (Å²) in [5, 5.41) is 0.673. The Bertz CT molecular complexity index is 422. The minimum Gasteiger partial charge on any atom is -0.211 e. The smallest absolute Gasteiger partial charge is 0.211 e. The van der Waals surface area contributed by atoms with Crippen molar-refractivity contribution in [1.82, 2.24) is 0 Å². The topological polar surface area (TPSA) is 29.4 Å². The largest absolute Gasteiger partial charge is 0.235 e. The number of isocyanates is 1. The summed E-state index contributed by atoms with van der Waals surface area (Å²) in [6, 6.07) is 5.53. The molecule has 0 bridgehead atoms. The Labute approximate surface area is 95.1 Å². The van der Waals surface area contributed by atoms with Crippen molar-refractivity contribution in [2.24, 2.45) is 4.99 Å². The Kier molecular flexibility index (Phi) is 2.48. The Morgan fingerprint density at radius 1 is 1.50 bits per heavy atom. The van der Waals surface area contributed by atoms with Gasteiger partial charge >= 0.3 is 0 Å². The van der Waals surface area contributed by atoms with E-state index in [2.05, 4.69) is 20.9 Å². The first-order valence-corrected chi connectivity index (χ1v) is 5.40. The summed E-state index contributed by atoms with van der Waals surface area (Å²) in [5.41, 5.74) is 0.691. The molecule has 0 N–H and O–H groups in total. The second-order valence-corrected chi connectivity index (χ2v) is 4.65. The quantitative estimate of drug-likeness (QED) is 0.599. The highest BCUT2D eigenvalue weighted by Crippen LogP contribution is 2.51. The van der Waals surface area contributed by atoms with Crippen LogP contribution in [0.5, 0.6) is 0 Å². The van der Waals surface area contributed by atoms with E-state index in [4.69, 9.17) is 11.6 Å². The molecular formula is C10H7BrClNO. The molecule has 1 aliphatic carbocycles. The van der Waals surface area contributed by atoms with Crippen LogP contribution in [0, 0.1) is 0 Å². The van der Waals surface area contributed by atoms with Gasteiger partial charge in [-0.1, -0.05) is 33.6 Å². The van der Waals surface area contributed by atoms with Gasteiger partial charge in [0.15, 0.2) is 0 Å². The number of benzene rings is 1. The van der Waals surface area contributed by atoms with Gasteiger partial charge < -0.3 is 0 Å². The summed E-state index contributed by atoms with van der Waals surface area (Å²) in [6.45, 7) is 0. The van der Waals surface area contributed by atoms with E-state index in [9.17, 15) is 4.79 Å². The summed E-state index contributed by atoms with van der Waals surface area (Å²) < 4.78 is 0.904. The molecule has 14 heavy (non-hydrogen) atoms. The van der Waals surface area contributed by atoms with Gasteiger partial charge in [0.05, 0.1) is 5.54 Å². The number of nitrogens with zero attached hydrogens (tertiary/aromatic N) is 1. The maximum absolute atomic E-state index is 10.3. The normalized spacial score (nSPS) is 17.3. The lowest BCUT2D eigenvalue weighted by molar-refractivity contribution is 0.556. The first-order chi connectivity index (χ1) is 6.68. The molecule has 0 atom stereocenters. The van der Waals surface area contributed by atoms with Gasteiger partial charge in [0.2, 0.25) is 6.08 Å². The van der Waals surface area contributed by atoms with Gasteiger partial charge in [0, 0.05) is 9.50 Å². The highest BCUT2D eigenvalue weighted by atomic mass is 79.9. The molecule has 0 aliphatic heterocycles. The van der Waals surface area contributed by atoms with Gasteiger partial charge in [-0.3, -0.25) is 0 Å². The Balaban J connectivity index is 2.47. The molecule has 0 unspecified atom stereocenters. The van der Waals surface area contributed by atoms with Crippen LogP contribution >= 0.6 is 27.5 Å². The molecule has 1 fully saturated rings. The van der Waals surface area contributed by atoms with E-state index in [1.54, 1.807) is 6.08 Å². The fraction of sp³-hybridized carbons (Fsp3) is 0.300. The van der Waals surface area contributed by atoms with E-state index in [-0.39, 0.29) is 5.54 Å². The lowest BCUT2D eigenvalue weighted by Gasteiger charge is -2.10. The predicted octanol–water partition coefficient (Wildman–Crippen LogP) is 3.43. The van der Waals surface area contributed by atoms with Crippen molar-refractivity contribution in [3.8, 4) is 0 Å². The van der Waals surface area contributed by atoms with Crippen LogP contribution in [0.15, 0.2) is 27.7 Å². The van der Waals surface area contributed by atoms with E-state index in [1.807, 2.05) is 18.2 Å². The number of aliphatic imine (C=N–C) groups is 1. The summed E-state index contributed by atoms with van der Waals surface area (Å²) in [7, 11) is 0. The van der Waals surface area contributed by atoms with Gasteiger partial charge in [-0.15, -0.1) is 0 Å². The molecule has 0 spiro atoms. The second kappa shape index (κ2) is 3.50. The monoisotopic (exact) mass is 271 g/mol. The van der Waals surface area contributed by atoms with Gasteiger partial charge in [0.25, 0.3) is 0 Å². The van der Waals surface area contributed by atoms with Crippen molar-refractivity contribution >= 4 is 33.6 Å². The highest BCUT2D eigenvalue weighted by molar-refractivity contribution is 9.10. The minimum atomic E-state index is -0.328. The van der Waals surface area contributed by atoms with Crippen molar-refractivity contribution in [3.05, 3.63) is 33.3 Å². The van der Waals surface area contributed by atoms with Gasteiger partial charge in [-0.2, -0.15) is 4.99 Å². The minimum absolute atomic E-state index is 0.328. The molecule has 4 heteroatoms. The van der Waals surface area contributed by atoms with Crippen molar-refractivity contribution in [2.45, 2.75) is 18.4 Å². The molecule has 0 aromatic heterocycles. The van der Waals surface area contributed by atoms with Crippen LogP contribution < -0.4 is 0 Å². The number of hydrogen-bond acceptors (Lipinski definition) is 2. The SMILES string of the molecule is O=C=NC1(c2ccc(Cl)cc2Br)CC1. The predicted molar refractivity (Wildman–Crippen MR) is 58.2 cm³/mol. The fourth-order valence-electron chi connectivity index (χ4n) is 1.51. The molecule has 1 aliphatic rings. The zero-order chi connectivity index (χ0) is 10.2. The maximum Gasteiger partial charge on any atom is 0.235 e. The average molecular weight is 273 g/mol. The van der Waals surface area contributed by atoms with E-state index in [0.29, 0.717) is 5.02 Å². The number of carbonyl (C=O) groups excluding carboxylic acids is 1. The molecule has 2 nitrogen and oxygen atoms in total. The Morgan fingerprint density at radius 3 is 2.71 bits per heavy atom. The zero-order valence-electron chi connectivity index (χ0n) is 7.26. The van der Waals surface area contributed by atoms with Crippen LogP contribution in [-0.2, 0) is 10.3 Å². The fourth-order valence-corrected chi connectivity index (χ4v) is 2.57. The van der Waals surface area contributed by atoms with Crippen molar-refractivity contribution in [2.75, 3.05) is 0 Å². The van der Waals surface area contributed by atoms with Gasteiger partial charge in [-0.25, -0.2) is 4.79 Å². The summed E-state index contributed by atoms with van der Waals surface area (Å²) in [5.74, 6) is 0. The summed E-state index contributed by atoms with van der Waals surface area (Å²) in [6.07, 6.45) is 3.44. The first-order valence-electron chi connectivity index (χ1n) is 4.22. The Hall–Kier alpha value is -0.630. The van der Waals surface area contributed by atoms with Crippen LogP contribution in [-0.4, -0.2) is 6.08 Å². The van der Waals surface area contributed by atoms with Crippen molar-refractivity contribution in [1.29, 1.82) is 0 Å². The van der Waals surface area contributed by atoms with Crippen molar-refractivity contribution in [3.63, 3.8) is 0 Å². The van der Waals surface area contributed by atoms with Crippen molar-refractivity contribution < 1.29 is 4.79 Å². The third-order valence-corrected chi connectivity index (χ3v) is 3.31. The summed E-state index contributed by atoms with van der Waals surface area (Å²) >= 11 is 9.25. The first kappa shape index (κ1) is 9.91. The van der Waals surface area contributed by atoms with E-state index in [0.717, 1.165) is 22.9 Å². The molecular weight excluding hydrogens is 265 g/mol. The molecule has 1 aromatic rings. The standard InChI is InChI=1S/C10H7BrClNO/c11-9-5-7(12)1-2-8(9)10(3-4-10)13-6-14/h1-2,5H,3-4H2. The summed E-state index contributed by atoms with van der Waals surface area (Å²) in [4.78, 5) is 14.1. The van der Waals surface area contributed by atoms with E-state index >= 15 is 0 Å². The van der Waals surface area contributed by atoms with Crippen LogP contribution in [0.1, 0.15) is 18.4 Å². The number of rotatable bonds is 2. The molecule has 0 heterocycles. The zero-order valence-corrected chi connectivity index (χ0v) is 9.60. The molecule has 0 saturated heterocycles. The third-order valence-electron chi connectivity index (χ3n) is 2.42. The maximum atomic E-state index is 10.3. The second-order valence-electron chi connectivity index (χ2n) is 3.36. The Morgan fingerprint density at radius 2 is 2.21 bits per heavy atom. The van der Waals surface area contributed by atoms with Crippen LogP contribution in [0.3, 0.4) is 0 Å². The van der Waals surface area contributed by atoms with Gasteiger partial charge in [-0.05, 0) is 30.5 Å². The molecule has 1 saturated carbocycles. The van der Waals surface area contributed by atoms with E-state index in [1.165, 1.54) is 0 Å². The lowest BCUT2D eigenvalue weighted by atomic mass is 10.1. The molecule has 0 amide bonds. The van der Waals surface area contributed by atoms with Gasteiger partial charge in [0.1, 0.15) is 0 Å². The van der Waals surface area contributed by atoms with Crippen LogP contribution in [0.2, 0.25) is 5.02 Å². The highest BCUT2D eigenvalue weighted by Gasteiger charge is 2.45.